The number of aliphatic imine (C=N–C) groups is 1. The minimum atomic E-state index is -0.457. The highest BCUT2D eigenvalue weighted by molar-refractivity contribution is 6.30. The van der Waals surface area contributed by atoms with Crippen LogP contribution in [0.15, 0.2) is 17.1 Å². The molecule has 1 fully saturated rings. The fraction of sp³-hybridized carbons (Fsp3) is 0.500. The summed E-state index contributed by atoms with van der Waals surface area (Å²) in [6, 6.07) is 3.76. The second kappa shape index (κ2) is 4.75. The van der Waals surface area contributed by atoms with Crippen LogP contribution in [0, 0.1) is 0 Å². The van der Waals surface area contributed by atoms with Gasteiger partial charge in [0.1, 0.15) is 11.3 Å². The van der Waals surface area contributed by atoms with Crippen LogP contribution in [-0.4, -0.2) is 13.2 Å². The number of isocyanates is 1. The topological polar surface area (TPSA) is 38.7 Å². The van der Waals surface area contributed by atoms with Crippen molar-refractivity contribution in [1.29, 1.82) is 0 Å². The zero-order valence-corrected chi connectivity index (χ0v) is 11.5. The molecule has 0 atom stereocenters. The van der Waals surface area contributed by atoms with Crippen molar-refractivity contribution in [2.24, 2.45) is 4.99 Å². The molecule has 0 spiro atoms. The van der Waals surface area contributed by atoms with E-state index in [2.05, 4.69) is 18.8 Å². The van der Waals surface area contributed by atoms with Gasteiger partial charge in [-0.3, -0.25) is 0 Å². The quantitative estimate of drug-likeness (QED) is 0.614. The number of hydrogen-bond acceptors (Lipinski definition) is 3. The molecule has 1 aromatic carbocycles. The normalized spacial score (nSPS) is 16.3. The Bertz CT molecular complexity index is 515. The van der Waals surface area contributed by atoms with Gasteiger partial charge in [-0.2, -0.15) is 4.99 Å². The summed E-state index contributed by atoms with van der Waals surface area (Å²) in [4.78, 5) is 14.5. The van der Waals surface area contributed by atoms with E-state index in [0.29, 0.717) is 10.9 Å². The van der Waals surface area contributed by atoms with Crippen LogP contribution < -0.4 is 4.74 Å². The summed E-state index contributed by atoms with van der Waals surface area (Å²) in [5.74, 6) is 1.10. The van der Waals surface area contributed by atoms with E-state index in [4.69, 9.17) is 16.3 Å². The van der Waals surface area contributed by atoms with Crippen molar-refractivity contribution in [2.75, 3.05) is 7.11 Å². The van der Waals surface area contributed by atoms with E-state index in [1.165, 1.54) is 0 Å². The van der Waals surface area contributed by atoms with Crippen LogP contribution in [0.2, 0.25) is 5.02 Å². The van der Waals surface area contributed by atoms with Gasteiger partial charge in [0.2, 0.25) is 6.08 Å². The van der Waals surface area contributed by atoms with E-state index >= 15 is 0 Å². The molecule has 96 valence electrons. The lowest BCUT2D eigenvalue weighted by Crippen LogP contribution is -2.08. The van der Waals surface area contributed by atoms with Gasteiger partial charge in [0.05, 0.1) is 7.11 Å². The molecule has 3 nitrogen and oxygen atoms in total. The molecular formula is C14H16ClNO2. The number of rotatable bonds is 4. The molecule has 2 rings (SSSR count). The summed E-state index contributed by atoms with van der Waals surface area (Å²) in [5.41, 5.74) is 1.50. The highest BCUT2D eigenvalue weighted by Crippen LogP contribution is 2.54. The van der Waals surface area contributed by atoms with Gasteiger partial charge < -0.3 is 4.74 Å². The number of methoxy groups -OCH3 is 1. The van der Waals surface area contributed by atoms with Gasteiger partial charge in [0.15, 0.2) is 0 Å². The van der Waals surface area contributed by atoms with Gasteiger partial charge >= 0.3 is 0 Å². The highest BCUT2D eigenvalue weighted by Gasteiger charge is 2.47. The number of benzene rings is 1. The van der Waals surface area contributed by atoms with Gasteiger partial charge in [-0.25, -0.2) is 4.79 Å². The van der Waals surface area contributed by atoms with Crippen LogP contribution in [-0.2, 0) is 10.3 Å². The maximum Gasteiger partial charge on any atom is 0.235 e. The lowest BCUT2D eigenvalue weighted by Gasteiger charge is -2.19. The number of halogens is 1. The molecule has 0 bridgehead atoms. The molecule has 0 aliphatic heterocycles. The number of carbonyl (C=O) groups excluding carboxylic acids is 1. The molecule has 18 heavy (non-hydrogen) atoms. The third-order valence-electron chi connectivity index (χ3n) is 3.39. The van der Waals surface area contributed by atoms with Crippen LogP contribution in [0.1, 0.15) is 43.7 Å². The van der Waals surface area contributed by atoms with E-state index in [9.17, 15) is 4.79 Å². The lowest BCUT2D eigenvalue weighted by atomic mass is 9.94. The minimum Gasteiger partial charge on any atom is -0.496 e. The average molecular weight is 266 g/mol. The molecule has 1 aliphatic rings. The summed E-state index contributed by atoms with van der Waals surface area (Å²) >= 11 is 6.16. The molecule has 1 saturated carbocycles. The Labute approximate surface area is 112 Å². The van der Waals surface area contributed by atoms with Crippen molar-refractivity contribution >= 4 is 17.7 Å². The molecule has 0 aromatic heterocycles. The molecule has 1 aliphatic carbocycles. The van der Waals surface area contributed by atoms with Crippen LogP contribution in [0.3, 0.4) is 0 Å². The maximum atomic E-state index is 10.6. The first-order valence-corrected chi connectivity index (χ1v) is 6.39. The van der Waals surface area contributed by atoms with E-state index < -0.39 is 5.54 Å². The van der Waals surface area contributed by atoms with Gasteiger partial charge in [-0.05, 0) is 36.5 Å². The Morgan fingerprint density at radius 3 is 2.56 bits per heavy atom. The molecule has 4 heteroatoms. The third-order valence-corrected chi connectivity index (χ3v) is 3.61. The molecule has 0 radical (unpaired) electrons. The lowest BCUT2D eigenvalue weighted by molar-refractivity contribution is 0.397. The molecule has 0 amide bonds. The van der Waals surface area contributed by atoms with Gasteiger partial charge in [-0.1, -0.05) is 25.4 Å². The third kappa shape index (κ3) is 2.16. The zero-order valence-electron chi connectivity index (χ0n) is 10.8. The smallest absolute Gasteiger partial charge is 0.235 e. The fourth-order valence-corrected chi connectivity index (χ4v) is 2.49. The molecule has 1 aromatic rings. The van der Waals surface area contributed by atoms with Crippen molar-refractivity contribution in [3.05, 3.63) is 28.3 Å². The maximum absolute atomic E-state index is 10.6. The summed E-state index contributed by atoms with van der Waals surface area (Å²) in [6.07, 6.45) is 3.35. The second-order valence-corrected chi connectivity index (χ2v) is 5.40. The number of hydrogen-bond donors (Lipinski definition) is 0. The second-order valence-electron chi connectivity index (χ2n) is 4.97. The average Bonchev–Trinajstić information content (AvgIpc) is 3.09. The molecule has 0 heterocycles. The SMILES string of the molecule is COc1c(C(C)C)cc(Cl)cc1C1(N=C=O)CC1. The highest BCUT2D eigenvalue weighted by atomic mass is 35.5. The van der Waals surface area contributed by atoms with Crippen LogP contribution in [0.5, 0.6) is 5.75 Å². The van der Waals surface area contributed by atoms with Crippen molar-refractivity contribution < 1.29 is 9.53 Å². The van der Waals surface area contributed by atoms with E-state index in [1.807, 2.05) is 12.1 Å². The van der Waals surface area contributed by atoms with Crippen molar-refractivity contribution in [3.8, 4) is 5.75 Å². The zero-order chi connectivity index (χ0) is 13.3. The molecule has 0 N–H and O–H groups in total. The van der Waals surface area contributed by atoms with Crippen molar-refractivity contribution in [1.82, 2.24) is 0 Å². The first kappa shape index (κ1) is 13.1. The van der Waals surface area contributed by atoms with E-state index in [0.717, 1.165) is 29.7 Å². The van der Waals surface area contributed by atoms with E-state index in [-0.39, 0.29) is 0 Å². The van der Waals surface area contributed by atoms with Crippen LogP contribution >= 0.6 is 11.6 Å². The predicted octanol–water partition coefficient (Wildman–Crippen LogP) is 3.80. The number of ether oxygens (including phenoxy) is 1. The standard InChI is InChI=1S/C14H16ClNO2/c1-9(2)11-6-10(15)7-12(13(11)18-3)14(4-5-14)16-8-17/h6-7,9H,4-5H2,1-3H3. The Balaban J connectivity index is 2.63. The summed E-state index contributed by atoms with van der Waals surface area (Å²) in [6.45, 7) is 4.17. The first-order valence-electron chi connectivity index (χ1n) is 6.01. The Morgan fingerprint density at radius 2 is 2.11 bits per heavy atom. The van der Waals surface area contributed by atoms with Crippen LogP contribution in [0.25, 0.3) is 0 Å². The van der Waals surface area contributed by atoms with Gasteiger partial charge in [-0.15, -0.1) is 0 Å². The monoisotopic (exact) mass is 265 g/mol. The minimum absolute atomic E-state index is 0.299. The Kier molecular flexibility index (Phi) is 3.47. The van der Waals surface area contributed by atoms with Crippen LogP contribution in [0.4, 0.5) is 0 Å². The summed E-state index contributed by atoms with van der Waals surface area (Å²) < 4.78 is 5.52. The molecule has 0 saturated heterocycles. The van der Waals surface area contributed by atoms with Crippen molar-refractivity contribution in [2.45, 2.75) is 38.1 Å². The predicted molar refractivity (Wildman–Crippen MR) is 71.1 cm³/mol. The van der Waals surface area contributed by atoms with E-state index in [1.54, 1.807) is 13.2 Å². The fourth-order valence-electron chi connectivity index (χ4n) is 2.26. The van der Waals surface area contributed by atoms with Gasteiger partial charge in [0, 0.05) is 10.6 Å². The Morgan fingerprint density at radius 1 is 1.44 bits per heavy atom. The Hall–Kier alpha value is -1.31. The number of nitrogens with zero attached hydrogens (tertiary/aromatic N) is 1. The van der Waals surface area contributed by atoms with Crippen molar-refractivity contribution in [3.63, 3.8) is 0 Å². The summed E-state index contributed by atoms with van der Waals surface area (Å²) in [5, 5.41) is 0.655. The summed E-state index contributed by atoms with van der Waals surface area (Å²) in [7, 11) is 1.64. The first-order chi connectivity index (χ1) is 8.54. The molecular weight excluding hydrogens is 250 g/mol. The van der Waals surface area contributed by atoms with Gasteiger partial charge in [0.25, 0.3) is 0 Å². The largest absolute Gasteiger partial charge is 0.496 e. The molecule has 0 unspecified atom stereocenters.